The van der Waals surface area contributed by atoms with Crippen LogP contribution in [0, 0.1) is 11.8 Å². The van der Waals surface area contributed by atoms with Crippen molar-refractivity contribution < 1.29 is 13.2 Å². The molecular formula is C20H23ClN2O3S. The van der Waals surface area contributed by atoms with Crippen molar-refractivity contribution in [1.29, 1.82) is 0 Å². The van der Waals surface area contributed by atoms with E-state index in [1.54, 1.807) is 36.4 Å². The van der Waals surface area contributed by atoms with Crippen molar-refractivity contribution in [2.24, 2.45) is 11.8 Å². The maximum Gasteiger partial charge on any atom is 0.255 e. The van der Waals surface area contributed by atoms with Crippen molar-refractivity contribution in [2.45, 2.75) is 25.2 Å². The minimum Gasteiger partial charge on any atom is -0.322 e. The first-order valence-corrected chi connectivity index (χ1v) is 10.7. The van der Waals surface area contributed by atoms with Gasteiger partial charge in [-0.15, -0.1) is 0 Å². The summed E-state index contributed by atoms with van der Waals surface area (Å²) in [5, 5.41) is 3.25. The molecule has 1 fully saturated rings. The highest BCUT2D eigenvalue weighted by Crippen LogP contribution is 2.27. The largest absolute Gasteiger partial charge is 0.322 e. The van der Waals surface area contributed by atoms with Gasteiger partial charge in [0.05, 0.1) is 4.90 Å². The van der Waals surface area contributed by atoms with Gasteiger partial charge < -0.3 is 5.32 Å². The van der Waals surface area contributed by atoms with Gasteiger partial charge in [0.25, 0.3) is 5.91 Å². The first-order valence-electron chi connectivity index (χ1n) is 8.93. The Labute approximate surface area is 165 Å². The van der Waals surface area contributed by atoms with E-state index in [-0.39, 0.29) is 16.4 Å². The maximum absolute atomic E-state index is 13.0. The van der Waals surface area contributed by atoms with E-state index in [0.717, 1.165) is 6.42 Å². The summed E-state index contributed by atoms with van der Waals surface area (Å²) in [5.74, 6) is 0.255. The molecule has 5 nitrogen and oxygen atoms in total. The Bertz CT molecular complexity index is 936. The van der Waals surface area contributed by atoms with Gasteiger partial charge in [-0.25, -0.2) is 8.42 Å². The van der Waals surface area contributed by atoms with Crippen LogP contribution in [-0.2, 0) is 10.0 Å². The second-order valence-corrected chi connectivity index (χ2v) is 9.63. The number of rotatable bonds is 4. The van der Waals surface area contributed by atoms with E-state index in [2.05, 4.69) is 19.2 Å². The van der Waals surface area contributed by atoms with Crippen LogP contribution >= 0.6 is 11.6 Å². The predicted octanol–water partition coefficient (Wildman–Crippen LogP) is 4.26. The molecule has 27 heavy (non-hydrogen) atoms. The van der Waals surface area contributed by atoms with Crippen LogP contribution in [0.25, 0.3) is 0 Å². The minimum absolute atomic E-state index is 0.141. The van der Waals surface area contributed by atoms with Crippen LogP contribution in [0.4, 0.5) is 5.69 Å². The summed E-state index contributed by atoms with van der Waals surface area (Å²) in [4.78, 5) is 12.7. The first-order chi connectivity index (χ1) is 12.8. The van der Waals surface area contributed by atoms with E-state index < -0.39 is 10.0 Å². The van der Waals surface area contributed by atoms with Crippen LogP contribution in [0.3, 0.4) is 0 Å². The molecule has 1 amide bonds. The Balaban J connectivity index is 1.83. The Kier molecular flexibility index (Phi) is 5.89. The van der Waals surface area contributed by atoms with Crippen molar-refractivity contribution in [2.75, 3.05) is 18.4 Å². The van der Waals surface area contributed by atoms with E-state index in [0.29, 0.717) is 35.6 Å². The van der Waals surface area contributed by atoms with Crippen molar-refractivity contribution in [1.82, 2.24) is 4.31 Å². The van der Waals surface area contributed by atoms with Crippen molar-refractivity contribution in [3.8, 4) is 0 Å². The lowest BCUT2D eigenvalue weighted by Crippen LogP contribution is -2.42. The number of amides is 1. The lowest BCUT2D eigenvalue weighted by molar-refractivity contribution is 0.102. The summed E-state index contributed by atoms with van der Waals surface area (Å²) in [6, 6.07) is 13.0. The average molecular weight is 407 g/mol. The Morgan fingerprint density at radius 1 is 1.07 bits per heavy atom. The number of piperidine rings is 1. The monoisotopic (exact) mass is 406 g/mol. The molecule has 7 heteroatoms. The highest BCUT2D eigenvalue weighted by atomic mass is 35.5. The zero-order valence-corrected chi connectivity index (χ0v) is 16.9. The molecule has 144 valence electrons. The van der Waals surface area contributed by atoms with Crippen LogP contribution in [0.5, 0.6) is 0 Å². The quantitative estimate of drug-likeness (QED) is 0.824. The third kappa shape index (κ3) is 4.69. The van der Waals surface area contributed by atoms with Crippen LogP contribution in [0.2, 0.25) is 5.02 Å². The number of nitrogens with one attached hydrogen (secondary N) is 1. The summed E-state index contributed by atoms with van der Waals surface area (Å²) in [6.45, 7) is 5.14. The van der Waals surface area contributed by atoms with E-state index in [1.165, 1.54) is 16.4 Å². The maximum atomic E-state index is 13.0. The summed E-state index contributed by atoms with van der Waals surface area (Å²) in [5.41, 5.74) is 0.841. The van der Waals surface area contributed by atoms with Gasteiger partial charge >= 0.3 is 0 Å². The number of carbonyl (C=O) groups excluding carboxylic acids is 1. The molecule has 3 rings (SSSR count). The number of nitrogens with zero attached hydrogens (tertiary/aromatic N) is 1. The SMILES string of the molecule is CC1CC(C)CN(S(=O)(=O)c2cccc(C(=O)Nc3cccc(Cl)c3)c2)C1. The molecular weight excluding hydrogens is 384 g/mol. The number of hydrogen-bond acceptors (Lipinski definition) is 3. The molecule has 0 saturated carbocycles. The lowest BCUT2D eigenvalue weighted by Gasteiger charge is -2.34. The normalized spacial score (nSPS) is 21.0. The summed E-state index contributed by atoms with van der Waals surface area (Å²) >= 11 is 5.93. The third-order valence-corrected chi connectivity index (χ3v) is 6.71. The molecule has 1 saturated heterocycles. The molecule has 1 heterocycles. The second-order valence-electron chi connectivity index (χ2n) is 7.26. The molecule has 1 aliphatic rings. The number of anilines is 1. The van der Waals surface area contributed by atoms with E-state index in [9.17, 15) is 13.2 Å². The number of halogens is 1. The van der Waals surface area contributed by atoms with E-state index in [1.807, 2.05) is 0 Å². The Hall–Kier alpha value is -1.89. The fourth-order valence-electron chi connectivity index (χ4n) is 3.52. The molecule has 2 unspecified atom stereocenters. The highest BCUT2D eigenvalue weighted by molar-refractivity contribution is 7.89. The molecule has 0 spiro atoms. The zero-order chi connectivity index (χ0) is 19.6. The van der Waals surface area contributed by atoms with Gasteiger partial charge in [-0.2, -0.15) is 4.31 Å². The Morgan fingerprint density at radius 3 is 2.41 bits per heavy atom. The smallest absolute Gasteiger partial charge is 0.255 e. The van der Waals surface area contributed by atoms with Gasteiger partial charge in [0.1, 0.15) is 0 Å². The lowest BCUT2D eigenvalue weighted by atomic mass is 9.94. The molecule has 2 aromatic rings. The van der Waals surface area contributed by atoms with Crippen LogP contribution in [0.15, 0.2) is 53.4 Å². The van der Waals surface area contributed by atoms with Gasteiger partial charge in [0.15, 0.2) is 0 Å². The average Bonchev–Trinajstić information content (AvgIpc) is 2.61. The van der Waals surface area contributed by atoms with Gasteiger partial charge in [0, 0.05) is 29.4 Å². The summed E-state index contributed by atoms with van der Waals surface area (Å²) in [6.07, 6.45) is 1.02. The molecule has 2 aromatic carbocycles. The van der Waals surface area contributed by atoms with Gasteiger partial charge in [-0.3, -0.25) is 4.79 Å². The molecule has 2 atom stereocenters. The van der Waals surface area contributed by atoms with Crippen LogP contribution in [0.1, 0.15) is 30.6 Å². The van der Waals surface area contributed by atoms with Crippen LogP contribution in [-0.4, -0.2) is 31.7 Å². The number of benzene rings is 2. The molecule has 0 bridgehead atoms. The molecule has 1 N–H and O–H groups in total. The highest BCUT2D eigenvalue weighted by Gasteiger charge is 2.31. The summed E-state index contributed by atoms with van der Waals surface area (Å²) in [7, 11) is -3.63. The molecule has 0 aromatic heterocycles. The number of hydrogen-bond donors (Lipinski definition) is 1. The topological polar surface area (TPSA) is 66.5 Å². The third-order valence-electron chi connectivity index (χ3n) is 4.65. The first kappa shape index (κ1) is 19.9. The van der Waals surface area contributed by atoms with Gasteiger partial charge in [0.2, 0.25) is 10.0 Å². The summed E-state index contributed by atoms with van der Waals surface area (Å²) < 4.78 is 27.6. The standard InChI is InChI=1S/C20H23ClN2O3S/c1-14-9-15(2)13-23(12-14)27(25,26)19-8-3-5-16(10-19)20(24)22-18-7-4-6-17(21)11-18/h3-8,10-11,14-15H,9,12-13H2,1-2H3,(H,22,24). The van der Waals surface area contributed by atoms with E-state index in [4.69, 9.17) is 11.6 Å². The predicted molar refractivity (Wildman–Crippen MR) is 108 cm³/mol. The van der Waals surface area contributed by atoms with Crippen molar-refractivity contribution >= 4 is 33.2 Å². The molecule has 0 aliphatic carbocycles. The van der Waals surface area contributed by atoms with Crippen molar-refractivity contribution in [3.05, 3.63) is 59.1 Å². The minimum atomic E-state index is -3.63. The van der Waals surface area contributed by atoms with E-state index >= 15 is 0 Å². The van der Waals surface area contributed by atoms with Crippen molar-refractivity contribution in [3.63, 3.8) is 0 Å². The van der Waals surface area contributed by atoms with Gasteiger partial charge in [-0.05, 0) is 54.7 Å². The molecule has 1 aliphatic heterocycles. The number of sulfonamides is 1. The molecule has 0 radical (unpaired) electrons. The number of carbonyl (C=O) groups is 1. The Morgan fingerprint density at radius 2 is 1.74 bits per heavy atom. The zero-order valence-electron chi connectivity index (χ0n) is 15.4. The van der Waals surface area contributed by atoms with Crippen LogP contribution < -0.4 is 5.32 Å². The fraction of sp³-hybridized carbons (Fsp3) is 0.350. The van der Waals surface area contributed by atoms with Gasteiger partial charge in [-0.1, -0.05) is 37.6 Å². The fourth-order valence-corrected chi connectivity index (χ4v) is 5.43. The second kappa shape index (κ2) is 8.00.